The summed E-state index contributed by atoms with van der Waals surface area (Å²) in [5, 5.41) is 19.7. The van der Waals surface area contributed by atoms with E-state index in [0.717, 1.165) is 11.3 Å². The summed E-state index contributed by atoms with van der Waals surface area (Å²) in [7, 11) is 1.56. The molecule has 2 aromatic heterocycles. The van der Waals surface area contributed by atoms with Crippen LogP contribution >= 0.6 is 11.3 Å². The van der Waals surface area contributed by atoms with Crippen molar-refractivity contribution >= 4 is 27.5 Å². The molecule has 2 rings (SSSR count). The van der Waals surface area contributed by atoms with Gasteiger partial charge in [0, 0.05) is 32.1 Å². The molecule has 114 valence electrons. The van der Waals surface area contributed by atoms with Crippen LogP contribution in [-0.4, -0.2) is 46.1 Å². The van der Waals surface area contributed by atoms with Gasteiger partial charge in [-0.3, -0.25) is 9.36 Å². The Bertz CT molecular complexity index is 706. The van der Waals surface area contributed by atoms with Gasteiger partial charge in [-0.1, -0.05) is 0 Å². The van der Waals surface area contributed by atoms with Gasteiger partial charge in [-0.15, -0.1) is 11.3 Å². The van der Waals surface area contributed by atoms with E-state index in [9.17, 15) is 9.59 Å². The van der Waals surface area contributed by atoms with Crippen LogP contribution in [0, 0.1) is 0 Å². The highest BCUT2D eigenvalue weighted by Gasteiger charge is 2.19. The number of fused-ring (bicyclic) bond motifs is 1. The highest BCUT2D eigenvalue weighted by Crippen LogP contribution is 2.22. The van der Waals surface area contributed by atoms with E-state index in [4.69, 9.17) is 14.9 Å². The van der Waals surface area contributed by atoms with Crippen molar-refractivity contribution in [3.63, 3.8) is 0 Å². The van der Waals surface area contributed by atoms with Crippen molar-refractivity contribution in [2.24, 2.45) is 0 Å². The van der Waals surface area contributed by atoms with Crippen molar-refractivity contribution in [2.75, 3.05) is 20.3 Å². The summed E-state index contributed by atoms with van der Waals surface area (Å²) in [5.41, 5.74) is -0.401. The molecule has 0 amide bonds. The molecule has 0 unspecified atom stereocenters. The maximum absolute atomic E-state index is 12.5. The molecule has 0 saturated heterocycles. The molecule has 2 N–H and O–H groups in total. The molecule has 0 bridgehead atoms. The zero-order valence-electron chi connectivity index (χ0n) is 11.5. The standard InChI is InChI=1S/C13H16N2O5S/c1-20-6-3-9-14-11-10(8(7-21-11)13(18)19)12(17)15(9)4-2-5-16/h7,16H,2-6H2,1H3,(H,18,19). The summed E-state index contributed by atoms with van der Waals surface area (Å²) >= 11 is 1.14. The van der Waals surface area contributed by atoms with Gasteiger partial charge in [-0.25, -0.2) is 9.78 Å². The average Bonchev–Trinajstić information content (AvgIpc) is 2.88. The van der Waals surface area contributed by atoms with Crippen molar-refractivity contribution in [1.82, 2.24) is 9.55 Å². The van der Waals surface area contributed by atoms with E-state index >= 15 is 0 Å². The van der Waals surface area contributed by atoms with E-state index in [1.165, 1.54) is 9.95 Å². The Morgan fingerprint density at radius 3 is 2.90 bits per heavy atom. The number of aliphatic hydroxyl groups excluding tert-OH is 1. The lowest BCUT2D eigenvalue weighted by molar-refractivity contribution is 0.0699. The average molecular weight is 312 g/mol. The third kappa shape index (κ3) is 3.12. The van der Waals surface area contributed by atoms with Crippen molar-refractivity contribution in [2.45, 2.75) is 19.4 Å². The zero-order valence-corrected chi connectivity index (χ0v) is 12.4. The Hall–Kier alpha value is -1.77. The number of rotatable bonds is 7. The molecule has 0 saturated carbocycles. The number of aromatic nitrogens is 2. The Kier molecular flexibility index (Phi) is 5.05. The number of thiophene rings is 1. The van der Waals surface area contributed by atoms with E-state index in [1.807, 2.05) is 0 Å². The Morgan fingerprint density at radius 1 is 1.52 bits per heavy atom. The van der Waals surface area contributed by atoms with E-state index in [-0.39, 0.29) is 23.1 Å². The van der Waals surface area contributed by atoms with Crippen LogP contribution in [0.5, 0.6) is 0 Å². The van der Waals surface area contributed by atoms with Gasteiger partial charge in [0.1, 0.15) is 10.7 Å². The van der Waals surface area contributed by atoms with Crippen LogP contribution < -0.4 is 5.56 Å². The maximum atomic E-state index is 12.5. The number of carboxylic acid groups (broad SMARTS) is 1. The minimum Gasteiger partial charge on any atom is -0.478 e. The Morgan fingerprint density at radius 2 is 2.29 bits per heavy atom. The van der Waals surface area contributed by atoms with Gasteiger partial charge in [-0.05, 0) is 6.42 Å². The summed E-state index contributed by atoms with van der Waals surface area (Å²) in [6.07, 6.45) is 0.854. The molecular formula is C13H16N2O5S. The van der Waals surface area contributed by atoms with Crippen LogP contribution in [0.25, 0.3) is 10.2 Å². The van der Waals surface area contributed by atoms with E-state index in [0.29, 0.717) is 36.6 Å². The number of nitrogens with zero attached hydrogens (tertiary/aromatic N) is 2. The first-order valence-electron chi connectivity index (χ1n) is 6.44. The minimum absolute atomic E-state index is 0.0245. The molecule has 0 aliphatic rings. The maximum Gasteiger partial charge on any atom is 0.337 e. The normalized spacial score (nSPS) is 11.1. The van der Waals surface area contributed by atoms with Gasteiger partial charge in [0.05, 0.1) is 17.6 Å². The van der Waals surface area contributed by atoms with Gasteiger partial charge in [-0.2, -0.15) is 0 Å². The third-order valence-corrected chi connectivity index (χ3v) is 3.95. The summed E-state index contributed by atoms with van der Waals surface area (Å²) < 4.78 is 6.43. The zero-order chi connectivity index (χ0) is 15.4. The van der Waals surface area contributed by atoms with Gasteiger partial charge in [0.2, 0.25) is 0 Å². The van der Waals surface area contributed by atoms with Crippen molar-refractivity contribution in [3.05, 3.63) is 27.1 Å². The van der Waals surface area contributed by atoms with Crippen molar-refractivity contribution in [1.29, 1.82) is 0 Å². The highest BCUT2D eigenvalue weighted by molar-refractivity contribution is 7.17. The van der Waals surface area contributed by atoms with E-state index in [1.54, 1.807) is 7.11 Å². The number of aliphatic hydroxyl groups is 1. The topological polar surface area (TPSA) is 102 Å². The molecule has 0 aromatic carbocycles. The number of ether oxygens (including phenoxy) is 1. The second kappa shape index (κ2) is 6.79. The summed E-state index contributed by atoms with van der Waals surface area (Å²) in [5.74, 6) is -0.597. The number of hydrogen-bond donors (Lipinski definition) is 2. The van der Waals surface area contributed by atoms with Gasteiger partial charge >= 0.3 is 5.97 Å². The highest BCUT2D eigenvalue weighted by atomic mass is 32.1. The lowest BCUT2D eigenvalue weighted by Gasteiger charge is -2.11. The monoisotopic (exact) mass is 312 g/mol. The number of methoxy groups -OCH3 is 1. The predicted octanol–water partition coefficient (Wildman–Crippen LogP) is 0.728. The molecule has 7 nitrogen and oxygen atoms in total. The number of aromatic carboxylic acids is 1. The number of hydrogen-bond acceptors (Lipinski definition) is 6. The van der Waals surface area contributed by atoms with Gasteiger partial charge < -0.3 is 14.9 Å². The van der Waals surface area contributed by atoms with E-state index in [2.05, 4.69) is 4.98 Å². The fraction of sp³-hybridized carbons (Fsp3) is 0.462. The largest absolute Gasteiger partial charge is 0.478 e. The fourth-order valence-electron chi connectivity index (χ4n) is 2.07. The SMILES string of the molecule is COCCc1nc2scc(C(=O)O)c2c(=O)n1CCCO. The van der Waals surface area contributed by atoms with Gasteiger partial charge in [0.25, 0.3) is 5.56 Å². The quantitative estimate of drug-likeness (QED) is 0.781. The first kappa shape index (κ1) is 15.6. The molecule has 21 heavy (non-hydrogen) atoms. The minimum atomic E-state index is -1.14. The van der Waals surface area contributed by atoms with Gasteiger partial charge in [0.15, 0.2) is 0 Å². The predicted molar refractivity (Wildman–Crippen MR) is 78.1 cm³/mol. The second-order valence-corrected chi connectivity index (χ2v) is 5.30. The van der Waals surface area contributed by atoms with Crippen LogP contribution in [-0.2, 0) is 17.7 Å². The molecule has 2 heterocycles. The summed E-state index contributed by atoms with van der Waals surface area (Å²) in [6.45, 7) is 0.657. The molecular weight excluding hydrogens is 296 g/mol. The molecule has 0 atom stereocenters. The van der Waals surface area contributed by atoms with Crippen molar-refractivity contribution < 1.29 is 19.7 Å². The first-order valence-corrected chi connectivity index (χ1v) is 7.32. The van der Waals surface area contributed by atoms with E-state index < -0.39 is 5.97 Å². The van der Waals surface area contributed by atoms with Crippen LogP contribution in [0.1, 0.15) is 22.6 Å². The Balaban J connectivity index is 2.61. The first-order chi connectivity index (χ1) is 10.1. The van der Waals surface area contributed by atoms with Crippen LogP contribution in [0.15, 0.2) is 10.2 Å². The lowest BCUT2D eigenvalue weighted by Crippen LogP contribution is -2.27. The number of carboxylic acids is 1. The van der Waals surface area contributed by atoms with Crippen LogP contribution in [0.2, 0.25) is 0 Å². The second-order valence-electron chi connectivity index (χ2n) is 4.44. The lowest BCUT2D eigenvalue weighted by atomic mass is 10.2. The molecule has 0 fully saturated rings. The van der Waals surface area contributed by atoms with Crippen LogP contribution in [0.3, 0.4) is 0 Å². The fourth-order valence-corrected chi connectivity index (χ4v) is 2.99. The Labute approximate surface area is 124 Å². The van der Waals surface area contributed by atoms with Crippen LogP contribution in [0.4, 0.5) is 0 Å². The molecule has 0 radical (unpaired) electrons. The molecule has 0 aliphatic carbocycles. The van der Waals surface area contributed by atoms with Crippen molar-refractivity contribution in [3.8, 4) is 0 Å². The summed E-state index contributed by atoms with van der Waals surface area (Å²) in [6, 6.07) is 0. The molecule has 2 aromatic rings. The molecule has 0 aliphatic heterocycles. The molecule has 8 heteroatoms. The third-order valence-electron chi connectivity index (χ3n) is 3.07. The smallest absolute Gasteiger partial charge is 0.337 e. The molecule has 0 spiro atoms. The summed E-state index contributed by atoms with van der Waals surface area (Å²) in [4.78, 5) is 28.5. The number of carbonyl (C=O) groups is 1.